The van der Waals surface area contributed by atoms with Gasteiger partial charge in [-0.3, -0.25) is 4.79 Å². The second kappa shape index (κ2) is 5.35. The number of nitrogens with one attached hydrogen (secondary N) is 1. The number of benzene rings is 1. The van der Waals surface area contributed by atoms with E-state index in [1.54, 1.807) is 4.90 Å². The number of piperidine rings is 1. The Labute approximate surface area is 105 Å². The number of hydrogen-bond acceptors (Lipinski definition) is 3. The normalized spacial score (nSPS) is 19.9. The number of amides is 1. The van der Waals surface area contributed by atoms with Crippen molar-refractivity contribution in [3.63, 3.8) is 0 Å². The summed E-state index contributed by atoms with van der Waals surface area (Å²) in [6.45, 7) is 1.23. The fraction of sp³-hybridized carbons (Fsp3) is 0.462. The average Bonchev–Trinajstić information content (AvgIpc) is 2.41. The van der Waals surface area contributed by atoms with Crippen LogP contribution in [0.3, 0.4) is 0 Å². The first kappa shape index (κ1) is 12.8. The molecule has 4 nitrogen and oxygen atoms in total. The lowest BCUT2D eigenvalue weighted by Crippen LogP contribution is -2.47. The van der Waals surface area contributed by atoms with Crippen LogP contribution in [0.15, 0.2) is 18.2 Å². The number of likely N-dealkylation sites (N-methyl/N-ethyl adjacent to an activating group) is 1. The van der Waals surface area contributed by atoms with E-state index >= 15 is 0 Å². The Morgan fingerprint density at radius 1 is 1.56 bits per heavy atom. The van der Waals surface area contributed by atoms with E-state index < -0.39 is 5.82 Å². The standard InChI is InChI=1S/C13H17FN2O2/c1-15-10-3-2-6-16(8-10)13(18)11-7-9(14)4-5-12(11)17/h4-5,7,10,15,17H,2-3,6,8H2,1H3. The minimum atomic E-state index is -0.515. The number of hydrogen-bond donors (Lipinski definition) is 2. The van der Waals surface area contributed by atoms with Gasteiger partial charge in [0.1, 0.15) is 11.6 Å². The first-order valence-electron chi connectivity index (χ1n) is 6.07. The summed E-state index contributed by atoms with van der Waals surface area (Å²) >= 11 is 0. The topological polar surface area (TPSA) is 52.6 Å². The maximum Gasteiger partial charge on any atom is 0.257 e. The molecule has 1 aliphatic heterocycles. The van der Waals surface area contributed by atoms with E-state index in [0.29, 0.717) is 13.1 Å². The molecule has 1 atom stereocenters. The van der Waals surface area contributed by atoms with E-state index in [1.807, 2.05) is 7.05 Å². The summed E-state index contributed by atoms with van der Waals surface area (Å²) in [5, 5.41) is 12.8. The van der Waals surface area contributed by atoms with Crippen molar-refractivity contribution in [2.75, 3.05) is 20.1 Å². The fourth-order valence-corrected chi connectivity index (χ4v) is 2.25. The van der Waals surface area contributed by atoms with Crippen LogP contribution in [0, 0.1) is 5.82 Å². The van der Waals surface area contributed by atoms with Crippen LogP contribution in [0.25, 0.3) is 0 Å². The molecule has 0 saturated carbocycles. The average molecular weight is 252 g/mol. The lowest BCUT2D eigenvalue weighted by molar-refractivity contribution is 0.0694. The first-order valence-corrected chi connectivity index (χ1v) is 6.07. The van der Waals surface area contributed by atoms with E-state index in [1.165, 1.54) is 6.07 Å². The highest BCUT2D eigenvalue weighted by molar-refractivity contribution is 5.96. The number of phenolic OH excluding ortho intramolecular Hbond substituents is 1. The zero-order valence-corrected chi connectivity index (χ0v) is 10.3. The van der Waals surface area contributed by atoms with Crippen LogP contribution in [-0.4, -0.2) is 42.1 Å². The summed E-state index contributed by atoms with van der Waals surface area (Å²) < 4.78 is 13.1. The van der Waals surface area contributed by atoms with Crippen LogP contribution in [-0.2, 0) is 0 Å². The van der Waals surface area contributed by atoms with Crippen LogP contribution < -0.4 is 5.32 Å². The van der Waals surface area contributed by atoms with Crippen LogP contribution in [0.2, 0.25) is 0 Å². The second-order valence-electron chi connectivity index (χ2n) is 4.54. The number of aromatic hydroxyl groups is 1. The van der Waals surface area contributed by atoms with Crippen molar-refractivity contribution in [3.05, 3.63) is 29.6 Å². The van der Waals surface area contributed by atoms with E-state index in [-0.39, 0.29) is 23.3 Å². The summed E-state index contributed by atoms with van der Waals surface area (Å²) in [4.78, 5) is 13.9. The van der Waals surface area contributed by atoms with Gasteiger partial charge in [0.2, 0.25) is 0 Å². The molecule has 1 unspecified atom stereocenters. The first-order chi connectivity index (χ1) is 8.61. The Kier molecular flexibility index (Phi) is 3.81. The van der Waals surface area contributed by atoms with Crippen LogP contribution in [0.4, 0.5) is 4.39 Å². The molecule has 5 heteroatoms. The molecule has 1 fully saturated rings. The zero-order valence-electron chi connectivity index (χ0n) is 10.3. The molecule has 0 aromatic heterocycles. The van der Waals surface area contributed by atoms with Gasteiger partial charge in [-0.05, 0) is 38.1 Å². The summed E-state index contributed by atoms with van der Waals surface area (Å²) in [6.07, 6.45) is 1.93. The van der Waals surface area contributed by atoms with Gasteiger partial charge in [-0.2, -0.15) is 0 Å². The number of phenols is 1. The molecule has 2 N–H and O–H groups in total. The van der Waals surface area contributed by atoms with Gasteiger partial charge in [0.05, 0.1) is 5.56 Å². The quantitative estimate of drug-likeness (QED) is 0.835. The Bertz CT molecular complexity index is 451. The highest BCUT2D eigenvalue weighted by Gasteiger charge is 2.25. The smallest absolute Gasteiger partial charge is 0.257 e. The fourth-order valence-electron chi connectivity index (χ4n) is 2.25. The molecule has 18 heavy (non-hydrogen) atoms. The van der Waals surface area contributed by atoms with Crippen molar-refractivity contribution < 1.29 is 14.3 Å². The minimum absolute atomic E-state index is 0.0340. The third kappa shape index (κ3) is 2.61. The Hall–Kier alpha value is -1.62. The van der Waals surface area contributed by atoms with Crippen molar-refractivity contribution in [1.29, 1.82) is 0 Å². The second-order valence-corrected chi connectivity index (χ2v) is 4.54. The molecular formula is C13H17FN2O2. The lowest BCUT2D eigenvalue weighted by atomic mass is 10.0. The van der Waals surface area contributed by atoms with Gasteiger partial charge in [-0.25, -0.2) is 4.39 Å². The molecule has 1 aromatic rings. The summed E-state index contributed by atoms with van der Waals surface area (Å²) in [6, 6.07) is 3.69. The van der Waals surface area contributed by atoms with E-state index in [0.717, 1.165) is 25.0 Å². The van der Waals surface area contributed by atoms with E-state index in [4.69, 9.17) is 0 Å². The Balaban J connectivity index is 2.17. The molecule has 1 aromatic carbocycles. The Morgan fingerprint density at radius 3 is 3.06 bits per heavy atom. The van der Waals surface area contributed by atoms with E-state index in [9.17, 15) is 14.3 Å². The van der Waals surface area contributed by atoms with Crippen molar-refractivity contribution in [3.8, 4) is 5.75 Å². The molecule has 0 aliphatic carbocycles. The Morgan fingerprint density at radius 2 is 2.33 bits per heavy atom. The van der Waals surface area contributed by atoms with Crippen LogP contribution in [0.1, 0.15) is 23.2 Å². The number of halogens is 1. The van der Waals surface area contributed by atoms with Gasteiger partial charge < -0.3 is 15.3 Å². The third-order valence-electron chi connectivity index (χ3n) is 3.31. The zero-order chi connectivity index (χ0) is 13.1. The molecule has 2 rings (SSSR count). The predicted octanol–water partition coefficient (Wildman–Crippen LogP) is 1.36. The molecular weight excluding hydrogens is 235 g/mol. The predicted molar refractivity (Wildman–Crippen MR) is 66.1 cm³/mol. The monoisotopic (exact) mass is 252 g/mol. The maximum atomic E-state index is 13.1. The third-order valence-corrected chi connectivity index (χ3v) is 3.31. The number of carbonyl (C=O) groups excluding carboxylic acids is 1. The van der Waals surface area contributed by atoms with Gasteiger partial charge in [-0.15, -0.1) is 0 Å². The van der Waals surface area contributed by atoms with Gasteiger partial charge >= 0.3 is 0 Å². The van der Waals surface area contributed by atoms with Crippen molar-refractivity contribution in [1.82, 2.24) is 10.2 Å². The SMILES string of the molecule is CNC1CCCN(C(=O)c2cc(F)ccc2O)C1. The highest BCUT2D eigenvalue weighted by Crippen LogP contribution is 2.21. The van der Waals surface area contributed by atoms with Gasteiger partial charge in [0.15, 0.2) is 0 Å². The van der Waals surface area contributed by atoms with Crippen molar-refractivity contribution in [2.45, 2.75) is 18.9 Å². The molecule has 1 amide bonds. The molecule has 1 aliphatic rings. The molecule has 0 spiro atoms. The van der Waals surface area contributed by atoms with Gasteiger partial charge in [0, 0.05) is 19.1 Å². The van der Waals surface area contributed by atoms with Gasteiger partial charge in [0.25, 0.3) is 5.91 Å². The van der Waals surface area contributed by atoms with Crippen molar-refractivity contribution in [2.24, 2.45) is 0 Å². The van der Waals surface area contributed by atoms with Crippen LogP contribution >= 0.6 is 0 Å². The maximum absolute atomic E-state index is 13.1. The van der Waals surface area contributed by atoms with Crippen molar-refractivity contribution >= 4 is 5.91 Å². The largest absolute Gasteiger partial charge is 0.507 e. The summed E-state index contributed by atoms with van der Waals surface area (Å²) in [7, 11) is 1.86. The van der Waals surface area contributed by atoms with Gasteiger partial charge in [-0.1, -0.05) is 0 Å². The lowest BCUT2D eigenvalue weighted by Gasteiger charge is -2.32. The van der Waals surface area contributed by atoms with E-state index in [2.05, 4.69) is 5.32 Å². The minimum Gasteiger partial charge on any atom is -0.507 e. The number of carbonyl (C=O) groups is 1. The molecule has 1 heterocycles. The number of likely N-dealkylation sites (tertiary alicyclic amines) is 1. The molecule has 1 saturated heterocycles. The summed E-state index contributed by atoms with van der Waals surface area (Å²) in [5.74, 6) is -1.00. The number of nitrogens with zero attached hydrogens (tertiary/aromatic N) is 1. The molecule has 98 valence electrons. The summed E-state index contributed by atoms with van der Waals surface area (Å²) in [5.41, 5.74) is 0.0340. The molecule has 0 bridgehead atoms. The molecule has 0 radical (unpaired) electrons. The highest BCUT2D eigenvalue weighted by atomic mass is 19.1. The number of rotatable bonds is 2. The van der Waals surface area contributed by atoms with Crippen LogP contribution in [0.5, 0.6) is 5.75 Å².